The van der Waals surface area contributed by atoms with Crippen molar-refractivity contribution >= 4 is 21.6 Å². The van der Waals surface area contributed by atoms with Gasteiger partial charge in [0.2, 0.25) is 0 Å². The summed E-state index contributed by atoms with van der Waals surface area (Å²) in [6, 6.07) is 11.0. The number of hydrogen-bond donors (Lipinski definition) is 1. The zero-order valence-electron chi connectivity index (χ0n) is 11.3. The Morgan fingerprint density at radius 2 is 2.05 bits per heavy atom. The quantitative estimate of drug-likeness (QED) is 0.642. The van der Waals surface area contributed by atoms with Crippen LogP contribution in [0.3, 0.4) is 0 Å². The summed E-state index contributed by atoms with van der Waals surface area (Å²) in [6.45, 7) is 2.35. The number of nitrogens with zero attached hydrogens (tertiary/aromatic N) is 1. The van der Waals surface area contributed by atoms with E-state index < -0.39 is 4.92 Å². The second-order valence-electron chi connectivity index (χ2n) is 4.66. The maximum absolute atomic E-state index is 13.7. The van der Waals surface area contributed by atoms with Crippen molar-refractivity contribution in [2.24, 2.45) is 0 Å². The first kappa shape index (κ1) is 15.6. The van der Waals surface area contributed by atoms with Gasteiger partial charge >= 0.3 is 0 Å². The molecule has 1 atom stereocenters. The number of nitro benzene ring substituents is 1. The summed E-state index contributed by atoms with van der Waals surface area (Å²) in [4.78, 5) is 10.2. The van der Waals surface area contributed by atoms with Crippen LogP contribution in [0.15, 0.2) is 46.9 Å². The van der Waals surface area contributed by atoms with Crippen LogP contribution in [-0.2, 0) is 6.54 Å². The molecule has 0 radical (unpaired) electrons. The molecule has 2 aromatic carbocycles. The molecule has 0 amide bonds. The Morgan fingerprint density at radius 3 is 2.67 bits per heavy atom. The smallest absolute Gasteiger partial charge is 0.270 e. The summed E-state index contributed by atoms with van der Waals surface area (Å²) >= 11 is 3.32. The highest BCUT2D eigenvalue weighted by Gasteiger charge is 2.12. The summed E-state index contributed by atoms with van der Waals surface area (Å²) in [5, 5.41) is 13.9. The predicted octanol–water partition coefficient (Wildman–Crippen LogP) is 4.35. The van der Waals surface area contributed by atoms with Crippen molar-refractivity contribution < 1.29 is 9.31 Å². The molecule has 4 nitrogen and oxygen atoms in total. The zero-order chi connectivity index (χ0) is 15.4. The van der Waals surface area contributed by atoms with E-state index in [1.807, 2.05) is 6.92 Å². The Kier molecular flexibility index (Phi) is 5.03. The molecule has 6 heteroatoms. The SMILES string of the molecule is CC(NCc1ccc([N+](=O)[O-])cc1Br)c1ccccc1F. The maximum Gasteiger partial charge on any atom is 0.270 e. The molecule has 0 heterocycles. The van der Waals surface area contributed by atoms with Gasteiger partial charge in [-0.1, -0.05) is 34.1 Å². The van der Waals surface area contributed by atoms with Gasteiger partial charge in [-0.15, -0.1) is 0 Å². The standard InChI is InChI=1S/C15H14BrFN2O2/c1-10(13-4-2-3-5-15(13)17)18-9-11-6-7-12(19(20)21)8-14(11)16/h2-8,10,18H,9H2,1H3. The lowest BCUT2D eigenvalue weighted by Crippen LogP contribution is -2.19. The number of hydrogen-bond acceptors (Lipinski definition) is 3. The minimum atomic E-state index is -0.441. The molecule has 0 saturated heterocycles. The highest BCUT2D eigenvalue weighted by Crippen LogP contribution is 2.24. The van der Waals surface area contributed by atoms with Gasteiger partial charge in [0.1, 0.15) is 5.82 Å². The number of nitro groups is 1. The number of benzene rings is 2. The largest absolute Gasteiger partial charge is 0.306 e. The molecule has 0 aromatic heterocycles. The minimum Gasteiger partial charge on any atom is -0.306 e. The van der Waals surface area contributed by atoms with E-state index in [2.05, 4.69) is 21.2 Å². The third kappa shape index (κ3) is 3.86. The molecule has 0 aliphatic rings. The van der Waals surface area contributed by atoms with E-state index in [0.29, 0.717) is 16.6 Å². The van der Waals surface area contributed by atoms with Crippen molar-refractivity contribution in [1.29, 1.82) is 0 Å². The first-order valence-electron chi connectivity index (χ1n) is 6.39. The van der Waals surface area contributed by atoms with E-state index in [9.17, 15) is 14.5 Å². The molecule has 21 heavy (non-hydrogen) atoms. The normalized spacial score (nSPS) is 12.1. The molecule has 0 aliphatic carbocycles. The average molecular weight is 353 g/mol. The van der Waals surface area contributed by atoms with Gasteiger partial charge in [-0.05, 0) is 24.6 Å². The topological polar surface area (TPSA) is 55.2 Å². The lowest BCUT2D eigenvalue weighted by atomic mass is 10.1. The first-order valence-corrected chi connectivity index (χ1v) is 7.19. The van der Waals surface area contributed by atoms with Crippen LogP contribution in [0.2, 0.25) is 0 Å². The monoisotopic (exact) mass is 352 g/mol. The molecule has 110 valence electrons. The number of non-ortho nitro benzene ring substituents is 1. The van der Waals surface area contributed by atoms with E-state index in [0.717, 1.165) is 5.56 Å². The van der Waals surface area contributed by atoms with Crippen LogP contribution < -0.4 is 5.32 Å². The Balaban J connectivity index is 2.06. The van der Waals surface area contributed by atoms with Crippen molar-refractivity contribution in [3.63, 3.8) is 0 Å². The molecule has 0 saturated carbocycles. The molecular formula is C15H14BrFN2O2. The Labute approximate surface area is 130 Å². The van der Waals surface area contributed by atoms with Crippen LogP contribution >= 0.6 is 15.9 Å². The summed E-state index contributed by atoms with van der Waals surface area (Å²) < 4.78 is 14.3. The number of nitrogens with one attached hydrogen (secondary N) is 1. The van der Waals surface area contributed by atoms with Crippen LogP contribution in [0.4, 0.5) is 10.1 Å². The summed E-state index contributed by atoms with van der Waals surface area (Å²) in [5.41, 5.74) is 1.51. The van der Waals surface area contributed by atoms with Crippen LogP contribution in [0, 0.1) is 15.9 Å². The van der Waals surface area contributed by atoms with Crippen LogP contribution in [-0.4, -0.2) is 4.92 Å². The molecule has 0 spiro atoms. The Bertz CT molecular complexity index is 664. The van der Waals surface area contributed by atoms with Crippen LogP contribution in [0.1, 0.15) is 24.1 Å². The van der Waals surface area contributed by atoms with E-state index in [4.69, 9.17) is 0 Å². The summed E-state index contributed by atoms with van der Waals surface area (Å²) in [5.74, 6) is -0.250. The minimum absolute atomic E-state index is 0.0350. The van der Waals surface area contributed by atoms with E-state index in [1.54, 1.807) is 24.3 Å². The lowest BCUT2D eigenvalue weighted by molar-refractivity contribution is -0.384. The van der Waals surface area contributed by atoms with Crippen molar-refractivity contribution in [3.8, 4) is 0 Å². The highest BCUT2D eigenvalue weighted by atomic mass is 79.9. The van der Waals surface area contributed by atoms with E-state index >= 15 is 0 Å². The van der Waals surface area contributed by atoms with Crippen LogP contribution in [0.5, 0.6) is 0 Å². The van der Waals surface area contributed by atoms with Gasteiger partial charge in [-0.3, -0.25) is 10.1 Å². The number of halogens is 2. The molecule has 1 unspecified atom stereocenters. The first-order chi connectivity index (χ1) is 9.99. The average Bonchev–Trinajstić information content (AvgIpc) is 2.46. The van der Waals surface area contributed by atoms with Gasteiger partial charge in [0.15, 0.2) is 0 Å². The van der Waals surface area contributed by atoms with Gasteiger partial charge in [0.05, 0.1) is 4.92 Å². The molecular weight excluding hydrogens is 339 g/mol. The molecule has 2 aromatic rings. The third-order valence-corrected chi connectivity index (χ3v) is 3.96. The molecule has 0 fully saturated rings. The molecule has 2 rings (SSSR count). The fraction of sp³-hybridized carbons (Fsp3) is 0.200. The lowest BCUT2D eigenvalue weighted by Gasteiger charge is -2.15. The van der Waals surface area contributed by atoms with Gasteiger partial charge in [-0.25, -0.2) is 4.39 Å². The second-order valence-corrected chi connectivity index (χ2v) is 5.51. The van der Waals surface area contributed by atoms with Gasteiger partial charge in [0.25, 0.3) is 5.69 Å². The van der Waals surface area contributed by atoms with Gasteiger partial charge in [-0.2, -0.15) is 0 Å². The summed E-state index contributed by atoms with van der Waals surface area (Å²) in [6.07, 6.45) is 0. The van der Waals surface area contributed by atoms with Crippen molar-refractivity contribution in [2.75, 3.05) is 0 Å². The second kappa shape index (κ2) is 6.78. The van der Waals surface area contributed by atoms with Gasteiger partial charge in [0, 0.05) is 34.8 Å². The molecule has 1 N–H and O–H groups in total. The van der Waals surface area contributed by atoms with Crippen molar-refractivity contribution in [3.05, 3.63) is 74.0 Å². The predicted molar refractivity (Wildman–Crippen MR) is 82.5 cm³/mol. The number of rotatable bonds is 5. The van der Waals surface area contributed by atoms with E-state index in [1.165, 1.54) is 18.2 Å². The highest BCUT2D eigenvalue weighted by molar-refractivity contribution is 9.10. The van der Waals surface area contributed by atoms with Gasteiger partial charge < -0.3 is 5.32 Å². The fourth-order valence-electron chi connectivity index (χ4n) is 1.99. The Morgan fingerprint density at radius 1 is 1.33 bits per heavy atom. The maximum atomic E-state index is 13.7. The Hall–Kier alpha value is -1.79. The van der Waals surface area contributed by atoms with Crippen LogP contribution in [0.25, 0.3) is 0 Å². The summed E-state index contributed by atoms with van der Waals surface area (Å²) in [7, 11) is 0. The fourth-order valence-corrected chi connectivity index (χ4v) is 2.50. The van der Waals surface area contributed by atoms with Crippen molar-refractivity contribution in [1.82, 2.24) is 5.32 Å². The zero-order valence-corrected chi connectivity index (χ0v) is 12.9. The van der Waals surface area contributed by atoms with Crippen molar-refractivity contribution in [2.45, 2.75) is 19.5 Å². The van der Waals surface area contributed by atoms with E-state index in [-0.39, 0.29) is 17.5 Å². The molecule has 0 aliphatic heterocycles. The molecule has 0 bridgehead atoms. The third-order valence-electron chi connectivity index (χ3n) is 3.22.